The van der Waals surface area contributed by atoms with Gasteiger partial charge in [-0.25, -0.2) is 4.39 Å². The molecule has 1 amide bonds. The first kappa shape index (κ1) is 14.5. The Hall–Kier alpha value is -0.940. The minimum Gasteiger partial charge on any atom is -0.338 e. The van der Waals surface area contributed by atoms with Crippen molar-refractivity contribution in [1.82, 2.24) is 4.90 Å². The summed E-state index contributed by atoms with van der Waals surface area (Å²) in [5.74, 6) is -0.422. The van der Waals surface area contributed by atoms with E-state index in [9.17, 15) is 9.18 Å². The van der Waals surface area contributed by atoms with Crippen LogP contribution in [0.15, 0.2) is 22.7 Å². The van der Waals surface area contributed by atoms with Gasteiger partial charge in [-0.2, -0.15) is 0 Å². The molecule has 1 aromatic carbocycles. The van der Waals surface area contributed by atoms with Gasteiger partial charge in [0.25, 0.3) is 5.91 Å². The van der Waals surface area contributed by atoms with E-state index in [1.807, 2.05) is 6.92 Å². The Morgan fingerprint density at radius 1 is 1.58 bits per heavy atom. The maximum Gasteiger partial charge on any atom is 0.256 e. The number of amides is 1. The highest BCUT2D eigenvalue weighted by Gasteiger charge is 2.27. The summed E-state index contributed by atoms with van der Waals surface area (Å²) in [6, 6.07) is 4.59. The van der Waals surface area contributed by atoms with Gasteiger partial charge in [-0.3, -0.25) is 4.79 Å². The van der Waals surface area contributed by atoms with Crippen molar-refractivity contribution in [3.63, 3.8) is 0 Å². The third-order valence-electron chi connectivity index (χ3n) is 3.65. The number of nitrogens with zero attached hydrogens (tertiary/aromatic N) is 1. The van der Waals surface area contributed by atoms with Crippen molar-refractivity contribution in [2.45, 2.75) is 25.8 Å². The average molecular weight is 329 g/mol. The van der Waals surface area contributed by atoms with Crippen LogP contribution >= 0.6 is 15.9 Å². The molecule has 1 aliphatic rings. The largest absolute Gasteiger partial charge is 0.338 e. The van der Waals surface area contributed by atoms with Crippen molar-refractivity contribution >= 4 is 21.8 Å². The molecule has 3 nitrogen and oxygen atoms in total. The molecule has 0 bridgehead atoms. The molecule has 5 heteroatoms. The molecule has 1 aliphatic heterocycles. The average Bonchev–Trinajstić information content (AvgIpc) is 2.38. The lowest BCUT2D eigenvalue weighted by atomic mass is 9.92. The molecule has 2 N–H and O–H groups in total. The van der Waals surface area contributed by atoms with E-state index >= 15 is 0 Å². The summed E-state index contributed by atoms with van der Waals surface area (Å²) in [5.41, 5.74) is 6.03. The first-order valence-corrected chi connectivity index (χ1v) is 7.28. The molecule has 1 fully saturated rings. The third-order valence-corrected chi connectivity index (χ3v) is 4.14. The fourth-order valence-electron chi connectivity index (χ4n) is 2.46. The Bertz CT molecular complexity index is 479. The van der Waals surface area contributed by atoms with Crippen molar-refractivity contribution in [1.29, 1.82) is 0 Å². The number of rotatable bonds is 2. The van der Waals surface area contributed by atoms with Crippen LogP contribution in [0.3, 0.4) is 0 Å². The summed E-state index contributed by atoms with van der Waals surface area (Å²) < 4.78 is 14.4. The molecule has 1 aromatic rings. The molecule has 1 heterocycles. The summed E-state index contributed by atoms with van der Waals surface area (Å²) in [6.45, 7) is 3.25. The molecule has 0 radical (unpaired) electrons. The topological polar surface area (TPSA) is 46.3 Å². The fourth-order valence-corrected chi connectivity index (χ4v) is 2.79. The summed E-state index contributed by atoms with van der Waals surface area (Å²) in [5, 5.41) is 0. The molecule has 2 atom stereocenters. The van der Waals surface area contributed by atoms with Gasteiger partial charge in [0.1, 0.15) is 5.82 Å². The monoisotopic (exact) mass is 328 g/mol. The lowest BCUT2D eigenvalue weighted by molar-refractivity contribution is 0.0656. The molecule has 0 unspecified atom stereocenters. The number of hydrogen-bond acceptors (Lipinski definition) is 2. The predicted molar refractivity (Wildman–Crippen MR) is 76.4 cm³/mol. The van der Waals surface area contributed by atoms with E-state index in [0.29, 0.717) is 23.5 Å². The normalized spacial score (nSPS) is 21.3. The van der Waals surface area contributed by atoms with Gasteiger partial charge >= 0.3 is 0 Å². The quantitative estimate of drug-likeness (QED) is 0.907. The zero-order chi connectivity index (χ0) is 14.0. The number of nitrogens with two attached hydrogens (primary N) is 1. The van der Waals surface area contributed by atoms with Crippen LogP contribution in [-0.4, -0.2) is 29.9 Å². The SMILES string of the molecule is C[C@@H](N)[C@H]1CCCN(C(=O)c2ccc(Br)cc2F)C1. The van der Waals surface area contributed by atoms with Crippen LogP contribution in [0.25, 0.3) is 0 Å². The van der Waals surface area contributed by atoms with Crippen LogP contribution in [0.4, 0.5) is 4.39 Å². The van der Waals surface area contributed by atoms with Gasteiger partial charge in [-0.15, -0.1) is 0 Å². The molecular formula is C14H18BrFN2O. The molecule has 0 saturated carbocycles. The smallest absolute Gasteiger partial charge is 0.256 e. The summed E-state index contributed by atoms with van der Waals surface area (Å²) in [7, 11) is 0. The van der Waals surface area contributed by atoms with Crippen LogP contribution in [0.1, 0.15) is 30.1 Å². The Balaban J connectivity index is 2.15. The van der Waals surface area contributed by atoms with Crippen molar-refractivity contribution in [3.8, 4) is 0 Å². The zero-order valence-corrected chi connectivity index (χ0v) is 12.5. The van der Waals surface area contributed by atoms with Gasteiger partial charge in [-0.05, 0) is 43.9 Å². The highest BCUT2D eigenvalue weighted by Crippen LogP contribution is 2.22. The van der Waals surface area contributed by atoms with E-state index in [4.69, 9.17) is 5.73 Å². The Morgan fingerprint density at radius 2 is 2.32 bits per heavy atom. The van der Waals surface area contributed by atoms with E-state index in [0.717, 1.165) is 12.8 Å². The first-order chi connectivity index (χ1) is 8.99. The third kappa shape index (κ3) is 3.34. The lowest BCUT2D eigenvalue weighted by Gasteiger charge is -2.34. The summed E-state index contributed by atoms with van der Waals surface area (Å²) in [4.78, 5) is 14.0. The van der Waals surface area contributed by atoms with Crippen LogP contribution in [-0.2, 0) is 0 Å². The van der Waals surface area contributed by atoms with Crippen molar-refractivity contribution in [2.24, 2.45) is 11.7 Å². The van der Waals surface area contributed by atoms with Gasteiger partial charge < -0.3 is 10.6 Å². The molecule has 2 rings (SSSR count). The minimum atomic E-state index is -0.484. The van der Waals surface area contributed by atoms with Gasteiger partial charge in [0.15, 0.2) is 0 Å². The number of benzene rings is 1. The first-order valence-electron chi connectivity index (χ1n) is 6.49. The van der Waals surface area contributed by atoms with Crippen LogP contribution in [0.2, 0.25) is 0 Å². The second-order valence-corrected chi connectivity index (χ2v) is 6.05. The predicted octanol–water partition coefficient (Wildman–Crippen LogP) is 2.79. The van der Waals surface area contributed by atoms with E-state index in [2.05, 4.69) is 15.9 Å². The molecular weight excluding hydrogens is 311 g/mol. The second kappa shape index (κ2) is 6.01. The number of carbonyl (C=O) groups is 1. The standard InChI is InChI=1S/C14H18BrFN2O/c1-9(17)10-3-2-6-18(8-10)14(19)12-5-4-11(15)7-13(12)16/h4-5,7,9-10H,2-3,6,8,17H2,1H3/t9-,10+/m1/s1. The molecule has 0 aromatic heterocycles. The molecule has 0 aliphatic carbocycles. The van der Waals surface area contributed by atoms with E-state index in [1.165, 1.54) is 12.1 Å². The number of piperidine rings is 1. The maximum atomic E-state index is 13.8. The van der Waals surface area contributed by atoms with Crippen molar-refractivity contribution in [2.75, 3.05) is 13.1 Å². The molecule has 104 valence electrons. The highest BCUT2D eigenvalue weighted by molar-refractivity contribution is 9.10. The van der Waals surface area contributed by atoms with E-state index in [1.54, 1.807) is 11.0 Å². The number of carbonyl (C=O) groups excluding carboxylic acids is 1. The van der Waals surface area contributed by atoms with Crippen LogP contribution in [0.5, 0.6) is 0 Å². The van der Waals surface area contributed by atoms with Gasteiger partial charge in [0.2, 0.25) is 0 Å². The van der Waals surface area contributed by atoms with Crippen molar-refractivity contribution < 1.29 is 9.18 Å². The molecule has 0 spiro atoms. The van der Waals surface area contributed by atoms with Crippen molar-refractivity contribution in [3.05, 3.63) is 34.1 Å². The second-order valence-electron chi connectivity index (χ2n) is 5.14. The van der Waals surface area contributed by atoms with E-state index in [-0.39, 0.29) is 17.5 Å². The zero-order valence-electron chi connectivity index (χ0n) is 10.9. The fraction of sp³-hybridized carbons (Fsp3) is 0.500. The van der Waals surface area contributed by atoms with Gasteiger partial charge in [0.05, 0.1) is 5.56 Å². The summed E-state index contributed by atoms with van der Waals surface area (Å²) >= 11 is 3.19. The number of likely N-dealkylation sites (tertiary alicyclic amines) is 1. The van der Waals surface area contributed by atoms with Crippen LogP contribution < -0.4 is 5.73 Å². The molecule has 19 heavy (non-hydrogen) atoms. The van der Waals surface area contributed by atoms with E-state index < -0.39 is 5.82 Å². The number of halogens is 2. The van der Waals surface area contributed by atoms with Crippen LogP contribution in [0, 0.1) is 11.7 Å². The summed E-state index contributed by atoms with van der Waals surface area (Å²) in [6.07, 6.45) is 1.96. The minimum absolute atomic E-state index is 0.0605. The van der Waals surface area contributed by atoms with Gasteiger partial charge in [0, 0.05) is 23.6 Å². The molecule has 1 saturated heterocycles. The Morgan fingerprint density at radius 3 is 2.95 bits per heavy atom. The Kier molecular flexibility index (Phi) is 4.58. The highest BCUT2D eigenvalue weighted by atomic mass is 79.9. The number of hydrogen-bond donors (Lipinski definition) is 1. The maximum absolute atomic E-state index is 13.8. The lowest BCUT2D eigenvalue weighted by Crippen LogP contribution is -2.45. The van der Waals surface area contributed by atoms with Gasteiger partial charge in [-0.1, -0.05) is 15.9 Å². The Labute approximate surface area is 121 Å².